The van der Waals surface area contributed by atoms with Crippen LogP contribution in [0.4, 0.5) is 0 Å². The van der Waals surface area contributed by atoms with Crippen molar-refractivity contribution in [3.63, 3.8) is 0 Å². The van der Waals surface area contributed by atoms with Crippen LogP contribution >= 0.6 is 0 Å². The number of esters is 4. The van der Waals surface area contributed by atoms with E-state index in [1.165, 1.54) is 85.3 Å². The number of rotatable bonds is 20. The van der Waals surface area contributed by atoms with Crippen molar-refractivity contribution in [1.82, 2.24) is 0 Å². The molecule has 0 aliphatic rings. The van der Waals surface area contributed by atoms with E-state index in [0.29, 0.717) is 157 Å². The smallest absolute Gasteiger partial charge is 0.338 e. The Balaban J connectivity index is 0.000000378. The van der Waals surface area contributed by atoms with Crippen LogP contribution in [0.3, 0.4) is 0 Å². The molecular formula is C84H96O24Rh2. The number of hydrogen-bond donors (Lipinski definition) is 4. The molecule has 0 saturated heterocycles. The number of aromatic carboxylic acids is 4. The van der Waals surface area contributed by atoms with Gasteiger partial charge in [-0.3, -0.25) is 0 Å². The molecule has 594 valence electrons. The Hall–Kier alpha value is -10.8. The van der Waals surface area contributed by atoms with Gasteiger partial charge in [0.05, 0.1) is 130 Å². The second-order valence-corrected chi connectivity index (χ2v) is 25.4. The number of hydrogen-bond acceptors (Lipinski definition) is 20. The quantitative estimate of drug-likeness (QED) is 0.0313. The van der Waals surface area contributed by atoms with E-state index in [4.69, 9.17) is 56.8 Å². The summed E-state index contributed by atoms with van der Waals surface area (Å²) < 4.78 is 63.7. The first-order valence-electron chi connectivity index (χ1n) is 33.5. The molecule has 4 N–H and O–H groups in total. The second-order valence-electron chi connectivity index (χ2n) is 25.4. The molecule has 8 aromatic rings. The Bertz CT molecular complexity index is 4340. The molecule has 24 nitrogen and oxygen atoms in total. The van der Waals surface area contributed by atoms with Gasteiger partial charge in [-0.05, 0) is 204 Å². The molecule has 0 atom stereocenters. The van der Waals surface area contributed by atoms with E-state index in [-0.39, 0.29) is 83.5 Å². The fourth-order valence-electron chi connectivity index (χ4n) is 14.6. The fraction of sp³-hybridized carbons (Fsp3) is 0.333. The van der Waals surface area contributed by atoms with Crippen molar-refractivity contribution in [2.75, 3.05) is 85.3 Å². The molecule has 0 spiro atoms. The van der Waals surface area contributed by atoms with Crippen LogP contribution in [0.2, 0.25) is 0 Å². The molecule has 2 radical (unpaired) electrons. The average molecular weight is 1700 g/mol. The zero-order valence-electron chi connectivity index (χ0n) is 67.2. The van der Waals surface area contributed by atoms with Crippen molar-refractivity contribution in [3.05, 3.63) is 182 Å². The molecule has 0 bridgehead atoms. The minimum Gasteiger partial charge on any atom is -0.496 e. The fourth-order valence-corrected chi connectivity index (χ4v) is 14.6. The number of aryl methyl sites for hydroxylation is 8. The monoisotopic (exact) mass is 1690 g/mol. The second kappa shape index (κ2) is 39.5. The van der Waals surface area contributed by atoms with Crippen LogP contribution in [0.25, 0.3) is 44.5 Å². The van der Waals surface area contributed by atoms with Crippen LogP contribution in [-0.4, -0.2) is 153 Å². The van der Waals surface area contributed by atoms with E-state index < -0.39 is 47.8 Å². The zero-order valence-corrected chi connectivity index (χ0v) is 70.5. The maximum Gasteiger partial charge on any atom is 0.338 e. The third kappa shape index (κ3) is 18.4. The Labute approximate surface area is 667 Å². The summed E-state index contributed by atoms with van der Waals surface area (Å²) in [6, 6.07) is 12.8. The van der Waals surface area contributed by atoms with E-state index >= 15 is 0 Å². The van der Waals surface area contributed by atoms with Crippen LogP contribution in [0.1, 0.15) is 172 Å². The summed E-state index contributed by atoms with van der Waals surface area (Å²) in [5.74, 6) is -1.89. The number of methoxy groups -OCH3 is 12. The largest absolute Gasteiger partial charge is 0.496 e. The first kappa shape index (κ1) is 93.4. The van der Waals surface area contributed by atoms with E-state index in [0.717, 1.165) is 22.3 Å². The third-order valence-corrected chi connectivity index (χ3v) is 18.8. The Morgan fingerprint density at radius 2 is 0.300 bits per heavy atom. The van der Waals surface area contributed by atoms with Gasteiger partial charge in [-0.2, -0.15) is 0 Å². The van der Waals surface area contributed by atoms with Crippen LogP contribution < -0.4 is 37.9 Å². The normalized spacial score (nSPS) is 10.3. The van der Waals surface area contributed by atoms with Crippen LogP contribution in [0.15, 0.2) is 48.5 Å². The number of ether oxygens (including phenoxy) is 12. The summed E-state index contributed by atoms with van der Waals surface area (Å²) in [6.45, 7) is 28.7. The van der Waals surface area contributed by atoms with Crippen molar-refractivity contribution in [2.45, 2.75) is 111 Å². The summed E-state index contributed by atoms with van der Waals surface area (Å²) >= 11 is 0. The van der Waals surface area contributed by atoms with Gasteiger partial charge in [-0.25, -0.2) is 38.4 Å². The van der Waals surface area contributed by atoms with Gasteiger partial charge in [0.2, 0.25) is 0 Å². The SMILES string of the molecule is COC(=O)c1cc(C)c(OC)c(C)c1-c1c(C(=O)O)cc(C)c(OC)c1C.COC(=O)c1cc(C)c(OC)c(C)c1-c1c(C(=O)O)cc(C)c(OC)c1C.COC(=O)c1cc(C)c(OC)c(C)c1-c1c(C(=O)O)cc(C)c(OC)c1C.COC(=O)c1cc(C)c(OC)c(C)c1-c1c(C(=O)O)cc(C)c(OC)c1C.[Rh].[Rh]. The predicted octanol–water partition coefficient (Wildman–Crippen LogP) is 16.4. The molecule has 0 aliphatic heterocycles. The van der Waals surface area contributed by atoms with E-state index in [9.17, 15) is 58.8 Å². The first-order chi connectivity index (χ1) is 50.7. The topological polar surface area (TPSA) is 328 Å². The number of benzene rings is 8. The summed E-state index contributed by atoms with van der Waals surface area (Å²) in [6.07, 6.45) is 0. The average Bonchev–Trinajstić information content (AvgIpc) is 0.769. The van der Waals surface area contributed by atoms with Crippen molar-refractivity contribution < 1.29 is 155 Å². The van der Waals surface area contributed by atoms with E-state index in [1.807, 2.05) is 27.7 Å². The number of carboxylic acids is 4. The van der Waals surface area contributed by atoms with Gasteiger partial charge in [0.25, 0.3) is 0 Å². The number of carboxylic acid groups (broad SMARTS) is 4. The van der Waals surface area contributed by atoms with Gasteiger partial charge in [0, 0.05) is 128 Å². The summed E-state index contributed by atoms with van der Waals surface area (Å²) in [4.78, 5) is 97.9. The minimum absolute atomic E-state index is 0. The molecule has 0 unspecified atom stereocenters. The third-order valence-electron chi connectivity index (χ3n) is 18.8. The molecule has 0 fully saturated rings. The Kier molecular flexibility index (Phi) is 33.5. The van der Waals surface area contributed by atoms with Gasteiger partial charge in [-0.15, -0.1) is 0 Å². The zero-order chi connectivity index (χ0) is 81.9. The molecule has 110 heavy (non-hydrogen) atoms. The summed E-state index contributed by atoms with van der Waals surface area (Å²) in [5.41, 5.74) is 16.0. The summed E-state index contributed by atoms with van der Waals surface area (Å²) in [7, 11) is 17.5. The van der Waals surface area contributed by atoms with Crippen molar-refractivity contribution in [2.24, 2.45) is 0 Å². The maximum atomic E-state index is 12.5. The van der Waals surface area contributed by atoms with Gasteiger partial charge in [0.15, 0.2) is 0 Å². The van der Waals surface area contributed by atoms with Gasteiger partial charge >= 0.3 is 47.8 Å². The number of carbonyl (C=O) groups excluding carboxylic acids is 4. The number of carbonyl (C=O) groups is 8. The molecule has 0 saturated carbocycles. The Morgan fingerprint density at radius 1 is 0.200 bits per heavy atom. The molecule has 26 heteroatoms. The minimum atomic E-state index is -1.09. The van der Waals surface area contributed by atoms with Gasteiger partial charge < -0.3 is 77.3 Å². The molecule has 0 heterocycles. The van der Waals surface area contributed by atoms with Crippen LogP contribution in [0, 0.1) is 111 Å². The maximum absolute atomic E-state index is 12.5. The summed E-state index contributed by atoms with van der Waals surface area (Å²) in [5, 5.41) is 39.2. The van der Waals surface area contributed by atoms with Crippen molar-refractivity contribution >= 4 is 47.8 Å². The predicted molar refractivity (Wildman–Crippen MR) is 409 cm³/mol. The van der Waals surface area contributed by atoms with E-state index in [1.54, 1.807) is 132 Å². The molecule has 0 aliphatic carbocycles. The van der Waals surface area contributed by atoms with Crippen molar-refractivity contribution in [1.29, 1.82) is 0 Å². The molecule has 0 amide bonds. The first-order valence-corrected chi connectivity index (χ1v) is 33.5. The standard InChI is InChI=1S/4C21H24O6.2Rh/c4*1-10-8-14(20(22)23)16(12(3)18(10)25-5)17-13(4)19(26-6)11(2)9-15(17)21(24)27-7;;/h4*8-9H,1-7H3,(H,22,23);;. The molecule has 0 aromatic heterocycles. The van der Waals surface area contributed by atoms with Crippen LogP contribution in [-0.2, 0) is 57.9 Å². The van der Waals surface area contributed by atoms with Crippen molar-refractivity contribution in [3.8, 4) is 90.5 Å². The van der Waals surface area contributed by atoms with E-state index in [2.05, 4.69) is 0 Å². The van der Waals surface area contributed by atoms with Gasteiger partial charge in [-0.1, -0.05) is 0 Å². The molecule has 8 aromatic carbocycles. The van der Waals surface area contributed by atoms with Crippen LogP contribution in [0.5, 0.6) is 46.0 Å². The van der Waals surface area contributed by atoms with Gasteiger partial charge in [0.1, 0.15) is 46.0 Å². The molecule has 8 rings (SSSR count). The molecular weight excluding hydrogens is 1600 g/mol. The Morgan fingerprint density at radius 3 is 0.391 bits per heavy atom.